The topological polar surface area (TPSA) is 34.1 Å². The molecule has 0 radical (unpaired) electrons. The van der Waals surface area contributed by atoms with Gasteiger partial charge in [-0.05, 0) is 31.0 Å². The van der Waals surface area contributed by atoms with Gasteiger partial charge in [0, 0.05) is 36.2 Å². The average Bonchev–Trinajstić information content (AvgIpc) is 2.92. The maximum Gasteiger partial charge on any atom is 0.0873 e. The van der Waals surface area contributed by atoms with E-state index in [1.807, 2.05) is 6.07 Å². The first-order valence-corrected chi connectivity index (χ1v) is 7.86. The van der Waals surface area contributed by atoms with Crippen LogP contribution >= 0.6 is 0 Å². The Morgan fingerprint density at radius 1 is 1.33 bits per heavy atom. The van der Waals surface area contributed by atoms with Gasteiger partial charge >= 0.3 is 0 Å². The number of hydrogen-bond donors (Lipinski definition) is 1. The maximum atomic E-state index is 6.08. The van der Waals surface area contributed by atoms with E-state index in [1.54, 1.807) is 0 Å². The van der Waals surface area contributed by atoms with Crippen molar-refractivity contribution in [1.29, 1.82) is 0 Å². The number of ether oxygens (including phenoxy) is 1. The summed E-state index contributed by atoms with van der Waals surface area (Å²) in [4.78, 5) is 4.64. The summed E-state index contributed by atoms with van der Waals surface area (Å²) < 4.78 is 6.08. The summed E-state index contributed by atoms with van der Waals surface area (Å²) in [5.41, 5.74) is 3.43. The Kier molecular flexibility index (Phi) is 4.22. The largest absolute Gasteiger partial charge is 0.373 e. The van der Waals surface area contributed by atoms with E-state index in [9.17, 15) is 0 Å². The summed E-state index contributed by atoms with van der Waals surface area (Å²) in [5.74, 6) is 0.539. The Hall–Kier alpha value is -1.45. The number of aromatic nitrogens is 1. The molecule has 1 fully saturated rings. The third kappa shape index (κ3) is 3.09. The lowest BCUT2D eigenvalue weighted by Crippen LogP contribution is -2.30. The summed E-state index contributed by atoms with van der Waals surface area (Å²) in [5, 5.41) is 4.78. The van der Waals surface area contributed by atoms with Crippen LogP contribution in [0.3, 0.4) is 0 Å². The molecule has 2 heterocycles. The number of fused-ring (bicyclic) bond motifs is 1. The fourth-order valence-electron chi connectivity index (χ4n) is 3.15. The number of nitrogens with zero attached hydrogens (tertiary/aromatic N) is 1. The summed E-state index contributed by atoms with van der Waals surface area (Å²) in [6, 6.07) is 11.1. The van der Waals surface area contributed by atoms with Crippen LogP contribution in [0.25, 0.3) is 10.9 Å². The van der Waals surface area contributed by atoms with Crippen molar-refractivity contribution in [3.63, 3.8) is 0 Å². The highest BCUT2D eigenvalue weighted by Crippen LogP contribution is 2.37. The Balaban J connectivity index is 1.95. The number of para-hydroxylation sites is 1. The monoisotopic (exact) mass is 284 g/mol. The van der Waals surface area contributed by atoms with Gasteiger partial charge in [-0.1, -0.05) is 32.0 Å². The zero-order valence-electron chi connectivity index (χ0n) is 13.1. The molecule has 0 aliphatic carbocycles. The van der Waals surface area contributed by atoms with Gasteiger partial charge in [-0.3, -0.25) is 4.98 Å². The minimum absolute atomic E-state index is 0.183. The quantitative estimate of drug-likeness (QED) is 0.931. The van der Waals surface area contributed by atoms with Crippen LogP contribution in [0.15, 0.2) is 30.3 Å². The molecule has 3 rings (SSSR count). The molecule has 2 aromatic rings. The molecular formula is C18H24N2O. The fraction of sp³-hybridized carbons (Fsp3) is 0.500. The van der Waals surface area contributed by atoms with Crippen LogP contribution in [0.2, 0.25) is 0 Å². The molecule has 1 N–H and O–H groups in total. The minimum Gasteiger partial charge on any atom is -0.373 e. The van der Waals surface area contributed by atoms with E-state index in [4.69, 9.17) is 4.74 Å². The van der Waals surface area contributed by atoms with Crippen LogP contribution in [0, 0.1) is 12.8 Å². The summed E-state index contributed by atoms with van der Waals surface area (Å²) >= 11 is 0. The molecule has 0 saturated carbocycles. The van der Waals surface area contributed by atoms with E-state index in [-0.39, 0.29) is 6.10 Å². The predicted octanol–water partition coefficient (Wildman–Crippen LogP) is 3.62. The van der Waals surface area contributed by atoms with Gasteiger partial charge in [-0.2, -0.15) is 0 Å². The van der Waals surface area contributed by atoms with Crippen LogP contribution < -0.4 is 5.32 Å². The van der Waals surface area contributed by atoms with Crippen LogP contribution in [0.4, 0.5) is 0 Å². The Morgan fingerprint density at radius 3 is 2.95 bits per heavy atom. The number of hydrogen-bond acceptors (Lipinski definition) is 3. The second-order valence-corrected chi connectivity index (χ2v) is 6.27. The van der Waals surface area contributed by atoms with Gasteiger partial charge in [0.1, 0.15) is 0 Å². The van der Waals surface area contributed by atoms with E-state index in [2.05, 4.69) is 55.3 Å². The van der Waals surface area contributed by atoms with Crippen molar-refractivity contribution in [3.05, 3.63) is 41.6 Å². The fourth-order valence-corrected chi connectivity index (χ4v) is 3.15. The van der Waals surface area contributed by atoms with Gasteiger partial charge in [0.05, 0.1) is 11.6 Å². The van der Waals surface area contributed by atoms with Gasteiger partial charge in [0.2, 0.25) is 0 Å². The van der Waals surface area contributed by atoms with Gasteiger partial charge in [-0.25, -0.2) is 0 Å². The van der Waals surface area contributed by atoms with Gasteiger partial charge in [-0.15, -0.1) is 0 Å². The van der Waals surface area contributed by atoms with Gasteiger partial charge < -0.3 is 10.1 Å². The highest BCUT2D eigenvalue weighted by atomic mass is 16.5. The first-order chi connectivity index (χ1) is 10.1. The lowest BCUT2D eigenvalue weighted by molar-refractivity contribution is 0.0911. The smallest absolute Gasteiger partial charge is 0.0873 e. The molecular weight excluding hydrogens is 260 g/mol. The molecule has 1 saturated heterocycles. The number of rotatable bonds is 4. The van der Waals surface area contributed by atoms with E-state index in [0.29, 0.717) is 12.0 Å². The van der Waals surface area contributed by atoms with E-state index < -0.39 is 0 Å². The Bertz CT molecular complexity index is 624. The number of aryl methyl sites for hydroxylation is 1. The van der Waals surface area contributed by atoms with Gasteiger partial charge in [0.15, 0.2) is 0 Å². The van der Waals surface area contributed by atoms with Crippen molar-refractivity contribution >= 4 is 10.9 Å². The zero-order chi connectivity index (χ0) is 14.8. The Labute approximate surface area is 126 Å². The second-order valence-electron chi connectivity index (χ2n) is 6.27. The molecule has 112 valence electrons. The van der Waals surface area contributed by atoms with Crippen molar-refractivity contribution in [3.8, 4) is 0 Å². The zero-order valence-corrected chi connectivity index (χ0v) is 13.1. The molecule has 1 aliphatic heterocycles. The van der Waals surface area contributed by atoms with E-state index >= 15 is 0 Å². The molecule has 3 heteroatoms. The first kappa shape index (κ1) is 14.5. The molecule has 1 aromatic heterocycles. The van der Waals surface area contributed by atoms with Crippen molar-refractivity contribution in [2.24, 2.45) is 5.92 Å². The van der Waals surface area contributed by atoms with Crippen molar-refractivity contribution < 1.29 is 4.74 Å². The van der Waals surface area contributed by atoms with Crippen LogP contribution in [-0.2, 0) is 4.74 Å². The van der Waals surface area contributed by atoms with Crippen molar-refractivity contribution in [2.75, 3.05) is 13.2 Å². The van der Waals surface area contributed by atoms with Crippen LogP contribution in [-0.4, -0.2) is 24.2 Å². The predicted molar refractivity (Wildman–Crippen MR) is 86.4 cm³/mol. The molecule has 3 nitrogen and oxygen atoms in total. The lowest BCUT2D eigenvalue weighted by atomic mass is 9.92. The lowest BCUT2D eigenvalue weighted by Gasteiger charge is -2.22. The molecule has 1 aromatic carbocycles. The second kappa shape index (κ2) is 6.12. The van der Waals surface area contributed by atoms with E-state index in [0.717, 1.165) is 30.8 Å². The highest BCUT2D eigenvalue weighted by Gasteiger charge is 2.31. The molecule has 1 aliphatic rings. The molecule has 0 amide bonds. The summed E-state index contributed by atoms with van der Waals surface area (Å²) in [6.07, 6.45) is 1.31. The molecule has 2 atom stereocenters. The normalized spacial score (nSPS) is 22.3. The SMILES string of the molecule is Cc1cc(C2OCCC2CNC(C)C)c2ccccc2n1. The first-order valence-electron chi connectivity index (χ1n) is 7.86. The van der Waals surface area contributed by atoms with Crippen LogP contribution in [0.1, 0.15) is 37.6 Å². The van der Waals surface area contributed by atoms with E-state index in [1.165, 1.54) is 10.9 Å². The number of nitrogens with one attached hydrogen (secondary N) is 1. The molecule has 0 spiro atoms. The minimum atomic E-state index is 0.183. The van der Waals surface area contributed by atoms with Gasteiger partial charge in [0.25, 0.3) is 0 Å². The van der Waals surface area contributed by atoms with Crippen molar-refractivity contribution in [2.45, 2.75) is 39.3 Å². The van der Waals surface area contributed by atoms with Crippen molar-refractivity contribution in [1.82, 2.24) is 10.3 Å². The highest BCUT2D eigenvalue weighted by molar-refractivity contribution is 5.82. The average molecular weight is 284 g/mol. The third-order valence-corrected chi connectivity index (χ3v) is 4.19. The maximum absolute atomic E-state index is 6.08. The summed E-state index contributed by atoms with van der Waals surface area (Å²) in [7, 11) is 0. The molecule has 2 unspecified atom stereocenters. The molecule has 0 bridgehead atoms. The Morgan fingerprint density at radius 2 is 2.14 bits per heavy atom. The molecule has 21 heavy (non-hydrogen) atoms. The standard InChI is InChI=1S/C18H24N2O/c1-12(2)19-11-14-8-9-21-18(14)16-10-13(3)20-17-7-5-4-6-15(16)17/h4-7,10,12,14,18-19H,8-9,11H2,1-3H3. The number of benzene rings is 1. The number of pyridine rings is 1. The van der Waals surface area contributed by atoms with Crippen LogP contribution in [0.5, 0.6) is 0 Å². The summed E-state index contributed by atoms with van der Waals surface area (Å²) in [6.45, 7) is 8.31. The third-order valence-electron chi connectivity index (χ3n) is 4.19.